The van der Waals surface area contributed by atoms with Crippen LogP contribution in [0.5, 0.6) is 5.75 Å². The summed E-state index contributed by atoms with van der Waals surface area (Å²) in [6.45, 7) is 3.46. The van der Waals surface area contributed by atoms with Crippen LogP contribution in [0.15, 0.2) is 30.9 Å². The van der Waals surface area contributed by atoms with E-state index in [0.29, 0.717) is 0 Å². The van der Waals surface area contributed by atoms with Crippen molar-refractivity contribution in [1.82, 2.24) is 4.98 Å². The summed E-state index contributed by atoms with van der Waals surface area (Å²) >= 11 is 11.9. The van der Waals surface area contributed by atoms with Crippen LogP contribution in [0.3, 0.4) is 0 Å². The Kier molecular flexibility index (Phi) is 8.82. The van der Waals surface area contributed by atoms with Crippen LogP contribution in [0, 0.1) is 5.82 Å². The first-order valence-electron chi connectivity index (χ1n) is 6.87. The molecule has 0 aliphatic rings. The van der Waals surface area contributed by atoms with Gasteiger partial charge in [0.2, 0.25) is 0 Å². The minimum Gasteiger partial charge on any atom is -0.525 e. The summed E-state index contributed by atoms with van der Waals surface area (Å²) in [6, 6.07) is 4.15. The van der Waals surface area contributed by atoms with Gasteiger partial charge in [0.05, 0.1) is 28.5 Å². The largest absolute Gasteiger partial charge is 1.00 e. The smallest absolute Gasteiger partial charge is 0.525 e. The summed E-state index contributed by atoms with van der Waals surface area (Å²) in [4.78, 5) is 20.8. The Morgan fingerprint density at radius 1 is 1.46 bits per heavy atom. The van der Waals surface area contributed by atoms with Crippen molar-refractivity contribution in [2.45, 2.75) is 0 Å². The zero-order valence-electron chi connectivity index (χ0n) is 14.1. The molecule has 0 saturated heterocycles. The van der Waals surface area contributed by atoms with Crippen molar-refractivity contribution in [3.63, 3.8) is 0 Å². The normalized spacial score (nSPS) is 10.0. The number of nitrogens with zero attached hydrogens (tertiary/aromatic N) is 2. The number of amides is 1. The molecule has 0 bridgehead atoms. The van der Waals surface area contributed by atoms with Crippen molar-refractivity contribution in [1.29, 1.82) is 0 Å². The van der Waals surface area contributed by atoms with Crippen LogP contribution in [-0.4, -0.2) is 24.6 Å². The Balaban J connectivity index is 0.00000338. The van der Waals surface area contributed by atoms with Gasteiger partial charge in [-0.25, -0.2) is 9.37 Å². The number of anilines is 1. The monoisotopic (exact) mass is 407 g/mol. The number of halogens is 3. The average Bonchev–Trinajstić information content (AvgIpc) is 2.58. The zero-order valence-corrected chi connectivity index (χ0v) is 17.6. The summed E-state index contributed by atoms with van der Waals surface area (Å²) in [6.07, 6.45) is 1.41. The molecule has 0 radical (unpaired) electrons. The molecule has 2 N–H and O–H groups in total. The van der Waals surface area contributed by atoms with Gasteiger partial charge in [0.1, 0.15) is 11.6 Å². The van der Waals surface area contributed by atoms with E-state index in [2.05, 4.69) is 17.0 Å². The number of ether oxygens (including phenoxy) is 1. The number of hydroxylamine groups is 1. The van der Waals surface area contributed by atoms with Gasteiger partial charge in [0.15, 0.2) is 11.6 Å². The van der Waals surface area contributed by atoms with E-state index in [1.165, 1.54) is 31.4 Å². The van der Waals surface area contributed by atoms with Gasteiger partial charge in [0.25, 0.3) is 0 Å². The van der Waals surface area contributed by atoms with Crippen LogP contribution in [0.2, 0.25) is 10.0 Å². The molecule has 1 aromatic heterocycles. The van der Waals surface area contributed by atoms with E-state index in [-0.39, 0.29) is 74.6 Å². The number of nitrogen functional groups attached to an aromatic ring is 1. The number of pyridine rings is 1. The maximum atomic E-state index is 14.6. The van der Waals surface area contributed by atoms with E-state index in [4.69, 9.17) is 38.5 Å². The third-order valence-electron chi connectivity index (χ3n) is 3.06. The van der Waals surface area contributed by atoms with E-state index in [9.17, 15) is 9.18 Å². The van der Waals surface area contributed by atoms with Crippen molar-refractivity contribution in [3.8, 4) is 17.0 Å². The Morgan fingerprint density at radius 2 is 2.15 bits per heavy atom. The predicted octanol–water partition coefficient (Wildman–Crippen LogP) is 1.42. The molecule has 1 amide bonds. The fourth-order valence-corrected chi connectivity index (χ4v) is 2.34. The SMILES string of the molecule is C=CCO[N-]C(=O)c1nc(-c2ccc(Cl)c(OC)c2F)cc(N)c1Cl.[Na+]. The van der Waals surface area contributed by atoms with Gasteiger partial charge in [-0.1, -0.05) is 29.3 Å². The molecule has 0 atom stereocenters. The van der Waals surface area contributed by atoms with Gasteiger partial charge in [-0.05, 0) is 18.2 Å². The van der Waals surface area contributed by atoms with Gasteiger partial charge < -0.3 is 25.6 Å². The second-order valence-electron chi connectivity index (χ2n) is 4.68. The number of hydrogen-bond acceptors (Lipinski definition) is 5. The summed E-state index contributed by atoms with van der Waals surface area (Å²) in [7, 11) is 1.28. The number of methoxy groups -OCH3 is 1. The van der Waals surface area contributed by atoms with Crippen molar-refractivity contribution < 1.29 is 48.3 Å². The molecule has 0 spiro atoms. The molecule has 132 valence electrons. The summed E-state index contributed by atoms with van der Waals surface area (Å²) in [5.74, 6) is -1.76. The van der Waals surface area contributed by atoms with Gasteiger partial charge in [-0.3, -0.25) is 0 Å². The maximum Gasteiger partial charge on any atom is 1.00 e. The molecule has 0 saturated carbocycles. The molecule has 2 aromatic rings. The average molecular weight is 408 g/mol. The van der Waals surface area contributed by atoms with Crippen LogP contribution >= 0.6 is 23.2 Å². The van der Waals surface area contributed by atoms with E-state index < -0.39 is 11.7 Å². The predicted molar refractivity (Wildman–Crippen MR) is 94.5 cm³/mol. The third kappa shape index (κ3) is 4.88. The molecule has 0 aliphatic carbocycles. The van der Waals surface area contributed by atoms with Crippen LogP contribution in [0.25, 0.3) is 16.7 Å². The molecule has 2 rings (SSSR count). The molecular formula is C16H13Cl2FN3NaO3. The van der Waals surface area contributed by atoms with Crippen molar-refractivity contribution in [3.05, 3.63) is 57.9 Å². The summed E-state index contributed by atoms with van der Waals surface area (Å²) in [5.41, 5.74) is 9.00. The van der Waals surface area contributed by atoms with Gasteiger partial charge in [0, 0.05) is 12.2 Å². The molecule has 1 aromatic carbocycles. The zero-order chi connectivity index (χ0) is 18.6. The Bertz CT molecular complexity index is 837. The number of hydrogen-bond donors (Lipinski definition) is 1. The van der Waals surface area contributed by atoms with Crippen LogP contribution in [0.1, 0.15) is 10.5 Å². The first-order valence-corrected chi connectivity index (χ1v) is 7.62. The first kappa shape index (κ1) is 22.7. The minimum atomic E-state index is -0.860. The second kappa shape index (κ2) is 10.1. The minimum absolute atomic E-state index is 0. The molecule has 10 heteroatoms. The Hall–Kier alpha value is -1.35. The van der Waals surface area contributed by atoms with Crippen molar-refractivity contribution >= 4 is 34.8 Å². The molecule has 26 heavy (non-hydrogen) atoms. The number of benzene rings is 1. The molecule has 0 fully saturated rings. The topological polar surface area (TPSA) is 88.5 Å². The van der Waals surface area contributed by atoms with E-state index >= 15 is 0 Å². The number of nitrogens with two attached hydrogens (primary N) is 1. The number of carbonyl (C=O) groups excluding carboxylic acids is 1. The van der Waals surface area contributed by atoms with E-state index in [1.807, 2.05) is 0 Å². The van der Waals surface area contributed by atoms with E-state index in [0.717, 1.165) is 0 Å². The third-order valence-corrected chi connectivity index (χ3v) is 3.75. The fourth-order valence-electron chi connectivity index (χ4n) is 1.94. The van der Waals surface area contributed by atoms with Crippen LogP contribution in [0.4, 0.5) is 10.1 Å². The number of rotatable bonds is 6. The van der Waals surface area contributed by atoms with Gasteiger partial charge in [-0.2, -0.15) is 0 Å². The van der Waals surface area contributed by atoms with Crippen LogP contribution < -0.4 is 40.0 Å². The standard InChI is InChI=1S/C16H14Cl2FN3O3.Na/c1-3-6-25-22-16(23)14-12(18)10(20)7-11(21-14)8-4-5-9(17)15(24-2)13(8)19;/h3-5,7H,1,6H2,2H3,(H3,20,21,22,23);/q;+1/p-1. The first-order chi connectivity index (χ1) is 11.9. The van der Waals surface area contributed by atoms with Gasteiger partial charge in [-0.15, -0.1) is 6.58 Å². The van der Waals surface area contributed by atoms with Crippen LogP contribution in [-0.2, 0) is 4.84 Å². The fraction of sp³-hybridized carbons (Fsp3) is 0.125. The summed E-state index contributed by atoms with van der Waals surface area (Å²) in [5, 5.41) is -0.0177. The molecule has 0 aliphatic heterocycles. The second-order valence-corrected chi connectivity index (χ2v) is 5.47. The quantitative estimate of drug-likeness (QED) is 0.338. The molecule has 0 unspecified atom stereocenters. The van der Waals surface area contributed by atoms with Crippen molar-refractivity contribution in [2.75, 3.05) is 19.5 Å². The molecule has 1 heterocycles. The number of carbonyl (C=O) groups is 1. The molecular weight excluding hydrogens is 395 g/mol. The summed E-state index contributed by atoms with van der Waals surface area (Å²) < 4.78 is 19.5. The maximum absolute atomic E-state index is 14.6. The Labute approximate surface area is 181 Å². The van der Waals surface area contributed by atoms with E-state index in [1.54, 1.807) is 0 Å². The Morgan fingerprint density at radius 3 is 2.77 bits per heavy atom. The van der Waals surface area contributed by atoms with Gasteiger partial charge >= 0.3 is 29.6 Å². The van der Waals surface area contributed by atoms with Crippen molar-refractivity contribution in [2.24, 2.45) is 0 Å². The number of aromatic nitrogens is 1. The molecule has 6 nitrogen and oxygen atoms in total.